The number of pyridine rings is 1. The maximum Gasteiger partial charge on any atom is 0.407 e. The van der Waals surface area contributed by atoms with Gasteiger partial charge in [-0.05, 0) is 12.1 Å². The van der Waals surface area contributed by atoms with Gasteiger partial charge in [-0.2, -0.15) is 0 Å². The molecule has 0 radical (unpaired) electrons. The molecule has 1 aliphatic rings. The topological polar surface area (TPSA) is 161 Å². The van der Waals surface area contributed by atoms with E-state index in [2.05, 4.69) is 71.8 Å². The van der Waals surface area contributed by atoms with Gasteiger partial charge in [-0.1, -0.05) is 86.4 Å². The second-order valence-electron chi connectivity index (χ2n) is 11.6. The zero-order chi connectivity index (χ0) is 37.4. The summed E-state index contributed by atoms with van der Waals surface area (Å²) in [6.45, 7) is 15.3. The number of carbonyl (C=O) groups is 2. The van der Waals surface area contributed by atoms with E-state index in [1.807, 2.05) is 38.2 Å². The number of hydrogen-bond donors (Lipinski definition) is 4. The number of halogens is 2. The maximum atomic E-state index is 13.2. The number of hydrogen-bond acceptors (Lipinski definition) is 8. The number of fused-ring (bicyclic) bond motifs is 2. The van der Waals surface area contributed by atoms with Gasteiger partial charge in [0, 0.05) is 48.2 Å². The van der Waals surface area contributed by atoms with Crippen molar-refractivity contribution in [3.05, 3.63) is 65.4 Å². The van der Waals surface area contributed by atoms with Crippen molar-refractivity contribution >= 4 is 17.7 Å². The van der Waals surface area contributed by atoms with Crippen LogP contribution in [0, 0.1) is 0 Å². The maximum absolute atomic E-state index is 13.2. The van der Waals surface area contributed by atoms with Crippen LogP contribution in [0.1, 0.15) is 97.3 Å². The number of aryl methyl sites for hydroxylation is 1. The lowest BCUT2D eigenvalue weighted by atomic mass is 9.76. The molecule has 13 heteroatoms. The molecule has 0 bridgehead atoms. The number of H-pyrrole nitrogens is 1. The van der Waals surface area contributed by atoms with Gasteiger partial charge in [0.2, 0.25) is 11.8 Å². The van der Waals surface area contributed by atoms with Gasteiger partial charge in [0.25, 0.3) is 5.92 Å². The van der Waals surface area contributed by atoms with Gasteiger partial charge in [0.1, 0.15) is 18.1 Å². The summed E-state index contributed by atoms with van der Waals surface area (Å²) in [5.41, 5.74) is 16.4. The number of aromatic nitrogens is 3. The molecule has 0 aliphatic carbocycles. The summed E-state index contributed by atoms with van der Waals surface area (Å²) in [6, 6.07) is 10.1. The molecular weight excluding hydrogens is 632 g/mol. The number of alkyl halides is 2. The van der Waals surface area contributed by atoms with Gasteiger partial charge in [-0.15, -0.1) is 0 Å². The number of nitrogens with two attached hydrogens (primary N) is 2. The third-order valence-corrected chi connectivity index (χ3v) is 7.22. The number of nitrogens with zero attached hydrogens (tertiary/aromatic N) is 3. The fourth-order valence-electron chi connectivity index (χ4n) is 4.70. The van der Waals surface area contributed by atoms with E-state index in [0.29, 0.717) is 23.7 Å². The standard InChI is InChI=1S/C21H23N5O.C10H18F2N2O3.C3H8.C2H6/c1-4-19-24-11-17(25-19)12-5-6-13-18(9-12)27-20-14(21(13,2)3)7-8-16(26-20)15(23)10-22;1-4-5-10(11,12)7-14(2)8(15)6-13-9(16)17-3;1-3-2;1-2/h5-11H,4,22-23H2,1-3H3,(H,24,25);4-7H2,1-3H3,(H,13,16);3H2,1-2H3;1-2H3/b15-10-;;;. The van der Waals surface area contributed by atoms with E-state index in [1.165, 1.54) is 19.7 Å². The van der Waals surface area contributed by atoms with Crippen LogP contribution in [0.15, 0.2) is 42.7 Å². The summed E-state index contributed by atoms with van der Waals surface area (Å²) in [4.78, 5) is 35.2. The largest absolute Gasteiger partial charge is 0.453 e. The highest BCUT2D eigenvalue weighted by Crippen LogP contribution is 2.48. The van der Waals surface area contributed by atoms with Crippen molar-refractivity contribution in [2.45, 2.75) is 92.4 Å². The molecule has 11 nitrogen and oxygen atoms in total. The molecule has 6 N–H and O–H groups in total. The molecule has 272 valence electrons. The molecule has 2 amide bonds. The number of rotatable bonds is 9. The minimum absolute atomic E-state index is 0.239. The third-order valence-electron chi connectivity index (χ3n) is 7.22. The summed E-state index contributed by atoms with van der Waals surface area (Å²) < 4.78 is 36.8. The van der Waals surface area contributed by atoms with Crippen LogP contribution < -0.4 is 21.5 Å². The van der Waals surface area contributed by atoms with Crippen molar-refractivity contribution in [1.82, 2.24) is 25.2 Å². The molecule has 0 spiro atoms. The molecule has 3 heterocycles. The molecule has 0 fully saturated rings. The Morgan fingerprint density at radius 1 is 1.12 bits per heavy atom. The summed E-state index contributed by atoms with van der Waals surface area (Å²) in [6.07, 6.45) is 4.62. The van der Waals surface area contributed by atoms with Crippen LogP contribution in [-0.2, 0) is 21.4 Å². The Labute approximate surface area is 289 Å². The van der Waals surface area contributed by atoms with Crippen molar-refractivity contribution in [3.8, 4) is 22.9 Å². The molecular formula is C36H55F2N7O4. The fraction of sp³-hybridized carbons (Fsp3) is 0.500. The number of amides is 2. The molecule has 0 saturated carbocycles. The number of nitrogens with one attached hydrogen (secondary N) is 2. The first-order valence-corrected chi connectivity index (χ1v) is 16.7. The molecule has 4 rings (SSSR count). The van der Waals surface area contributed by atoms with Crippen molar-refractivity contribution in [2.24, 2.45) is 11.5 Å². The first-order chi connectivity index (χ1) is 23.2. The molecule has 3 aromatic rings. The van der Waals surface area contributed by atoms with Crippen LogP contribution in [0.2, 0.25) is 0 Å². The Hall–Kier alpha value is -4.68. The number of methoxy groups -OCH3 is 1. The van der Waals surface area contributed by atoms with Crippen LogP contribution in [-0.4, -0.2) is 65.0 Å². The zero-order valence-electron chi connectivity index (χ0n) is 30.7. The molecule has 0 saturated heterocycles. The lowest BCUT2D eigenvalue weighted by molar-refractivity contribution is -0.134. The molecule has 1 aliphatic heterocycles. The highest BCUT2D eigenvalue weighted by atomic mass is 19.3. The highest BCUT2D eigenvalue weighted by Gasteiger charge is 2.35. The third kappa shape index (κ3) is 12.1. The zero-order valence-corrected chi connectivity index (χ0v) is 30.7. The number of likely N-dealkylation sites (N-methyl/N-ethyl adjacent to an activating group) is 1. The minimum Gasteiger partial charge on any atom is -0.453 e. The van der Waals surface area contributed by atoms with Crippen molar-refractivity contribution < 1.29 is 27.8 Å². The molecule has 0 atom stereocenters. The van der Waals surface area contributed by atoms with E-state index in [0.717, 1.165) is 52.4 Å². The average molecular weight is 688 g/mol. The summed E-state index contributed by atoms with van der Waals surface area (Å²) >= 11 is 0. The first kappa shape index (κ1) is 42.3. The summed E-state index contributed by atoms with van der Waals surface area (Å²) in [5.74, 6) is -1.18. The van der Waals surface area contributed by atoms with E-state index in [9.17, 15) is 18.4 Å². The number of aromatic amines is 1. The van der Waals surface area contributed by atoms with Crippen LogP contribution in [0.25, 0.3) is 17.0 Å². The lowest BCUT2D eigenvalue weighted by Gasteiger charge is -2.34. The lowest BCUT2D eigenvalue weighted by Crippen LogP contribution is -2.43. The van der Waals surface area contributed by atoms with E-state index in [-0.39, 0.29) is 18.4 Å². The smallest absolute Gasteiger partial charge is 0.407 e. The van der Waals surface area contributed by atoms with Crippen LogP contribution >= 0.6 is 0 Å². The summed E-state index contributed by atoms with van der Waals surface area (Å²) in [7, 11) is 2.42. The Bertz CT molecular complexity index is 1520. The van der Waals surface area contributed by atoms with Crippen molar-refractivity contribution in [2.75, 3.05) is 27.2 Å². The van der Waals surface area contributed by atoms with Gasteiger partial charge >= 0.3 is 6.09 Å². The van der Waals surface area contributed by atoms with Gasteiger partial charge in [0.05, 0.1) is 36.9 Å². The van der Waals surface area contributed by atoms with Gasteiger partial charge in [0.15, 0.2) is 0 Å². The predicted octanol–water partition coefficient (Wildman–Crippen LogP) is 7.36. The molecule has 49 heavy (non-hydrogen) atoms. The second kappa shape index (κ2) is 20.0. The fourth-order valence-corrected chi connectivity index (χ4v) is 4.70. The number of alkyl carbamates (subject to hydrolysis) is 1. The second-order valence-corrected chi connectivity index (χ2v) is 11.6. The Morgan fingerprint density at radius 2 is 1.76 bits per heavy atom. The van der Waals surface area contributed by atoms with Gasteiger partial charge in [-0.3, -0.25) is 4.79 Å². The normalized spacial score (nSPS) is 12.5. The Kier molecular flexibility index (Phi) is 17.3. The Morgan fingerprint density at radius 3 is 2.31 bits per heavy atom. The number of ether oxygens (including phenoxy) is 2. The molecule has 1 aromatic carbocycles. The molecule has 0 unspecified atom stereocenters. The predicted molar refractivity (Wildman–Crippen MR) is 191 cm³/mol. The van der Waals surface area contributed by atoms with Crippen molar-refractivity contribution in [3.63, 3.8) is 0 Å². The average Bonchev–Trinajstić information content (AvgIpc) is 3.57. The first-order valence-electron chi connectivity index (χ1n) is 16.7. The van der Waals surface area contributed by atoms with E-state index >= 15 is 0 Å². The van der Waals surface area contributed by atoms with Gasteiger partial charge in [-0.25, -0.2) is 23.5 Å². The van der Waals surface area contributed by atoms with E-state index < -0.39 is 24.5 Å². The quantitative estimate of drug-likeness (QED) is 0.181. The number of benzene rings is 1. The van der Waals surface area contributed by atoms with Crippen molar-refractivity contribution in [1.29, 1.82) is 0 Å². The SMILES string of the molecule is CC.CCC.CCCC(F)(F)CN(C)C(=O)CNC(=O)OC.CCc1ncc(-c2ccc3c(c2)Oc2nc(/C(N)=C/N)ccc2C3(C)C)[nH]1. The van der Waals surface area contributed by atoms with E-state index in [4.69, 9.17) is 16.2 Å². The Balaban J connectivity index is 0.000000472. The summed E-state index contributed by atoms with van der Waals surface area (Å²) in [5, 5.41) is 2.13. The van der Waals surface area contributed by atoms with E-state index in [1.54, 1.807) is 6.92 Å². The molecule has 2 aromatic heterocycles. The monoisotopic (exact) mass is 687 g/mol. The number of carbonyl (C=O) groups excluding carboxylic acids is 2. The highest BCUT2D eigenvalue weighted by molar-refractivity contribution is 5.82. The van der Waals surface area contributed by atoms with Crippen LogP contribution in [0.4, 0.5) is 13.6 Å². The van der Waals surface area contributed by atoms with Gasteiger partial charge < -0.3 is 36.1 Å². The van der Waals surface area contributed by atoms with Crippen LogP contribution in [0.5, 0.6) is 11.6 Å². The minimum atomic E-state index is -2.90. The van der Waals surface area contributed by atoms with Crippen LogP contribution in [0.3, 0.4) is 0 Å². The number of imidazole rings is 1.